The van der Waals surface area contributed by atoms with E-state index in [4.69, 9.17) is 9.47 Å². The van der Waals surface area contributed by atoms with Crippen LogP contribution in [0.1, 0.15) is 33.6 Å². The van der Waals surface area contributed by atoms with Crippen molar-refractivity contribution in [1.82, 2.24) is 5.32 Å². The minimum Gasteiger partial charge on any atom is -0.465 e. The normalized spacial score (nSPS) is 28.9. The van der Waals surface area contributed by atoms with Gasteiger partial charge in [0.2, 0.25) is 0 Å². The van der Waals surface area contributed by atoms with E-state index >= 15 is 0 Å². The van der Waals surface area contributed by atoms with Gasteiger partial charge in [0.15, 0.2) is 0 Å². The molecule has 0 aromatic carbocycles. The summed E-state index contributed by atoms with van der Waals surface area (Å²) in [6, 6.07) is -0.0724. The first-order valence-corrected chi connectivity index (χ1v) is 7.89. The van der Waals surface area contributed by atoms with E-state index < -0.39 is 0 Å². The van der Waals surface area contributed by atoms with Gasteiger partial charge in [-0.25, -0.2) is 9.59 Å². The van der Waals surface area contributed by atoms with E-state index in [9.17, 15) is 9.59 Å². The third kappa shape index (κ3) is 2.35. The third-order valence-electron chi connectivity index (χ3n) is 4.75. The van der Waals surface area contributed by atoms with Crippen molar-refractivity contribution in [3.63, 3.8) is 0 Å². The van der Waals surface area contributed by atoms with Crippen LogP contribution in [-0.4, -0.2) is 43.7 Å². The Morgan fingerprint density at radius 1 is 1.22 bits per heavy atom. The van der Waals surface area contributed by atoms with Crippen LogP contribution in [0.2, 0.25) is 0 Å². The highest BCUT2D eigenvalue weighted by Gasteiger charge is 2.53. The van der Waals surface area contributed by atoms with Gasteiger partial charge >= 0.3 is 17.9 Å². The number of hydrogen-bond acceptors (Lipinski definition) is 6. The van der Waals surface area contributed by atoms with Crippen LogP contribution < -0.4 is 10.2 Å². The smallest absolute Gasteiger partial charge is 0.341 e. The second-order valence-corrected chi connectivity index (χ2v) is 5.97. The Morgan fingerprint density at radius 3 is 2.48 bits per heavy atom. The van der Waals surface area contributed by atoms with Gasteiger partial charge in [-0.1, -0.05) is 0 Å². The van der Waals surface area contributed by atoms with Gasteiger partial charge in [0.05, 0.1) is 19.4 Å². The van der Waals surface area contributed by atoms with Crippen LogP contribution in [0.5, 0.6) is 0 Å². The number of quaternary nitrogens is 1. The monoisotopic (exact) mass is 320 g/mol. The number of esters is 2. The molecule has 0 aromatic heterocycles. The first-order valence-electron chi connectivity index (χ1n) is 7.89. The molecule has 1 fully saturated rings. The summed E-state index contributed by atoms with van der Waals surface area (Å²) in [6.45, 7) is 5.83. The zero-order chi connectivity index (χ0) is 16.7. The molecular weight excluding hydrogens is 298 g/mol. The van der Waals surface area contributed by atoms with Crippen molar-refractivity contribution in [3.8, 4) is 0 Å². The van der Waals surface area contributed by atoms with Crippen molar-refractivity contribution in [1.29, 1.82) is 0 Å². The summed E-state index contributed by atoms with van der Waals surface area (Å²) in [5.41, 5.74) is 2.73. The van der Waals surface area contributed by atoms with E-state index in [1.54, 1.807) is 6.92 Å². The number of carbonyl (C=O) groups excluding carboxylic acids is 2. The summed E-state index contributed by atoms with van der Waals surface area (Å²) in [6.07, 6.45) is 1.61. The Bertz CT molecular complexity index is 662. The Hall–Kier alpha value is -2.15. The number of nitrogens with zero attached hydrogens (tertiary/aromatic N) is 1. The molecule has 0 radical (unpaired) electrons. The fraction of sp³-hybridized carbons (Fsp3) is 0.562. The molecule has 0 amide bonds. The zero-order valence-electron chi connectivity index (χ0n) is 13.9. The maximum Gasteiger partial charge on any atom is 0.341 e. The summed E-state index contributed by atoms with van der Waals surface area (Å²) in [4.78, 5) is 30.0. The van der Waals surface area contributed by atoms with Crippen LogP contribution in [0.3, 0.4) is 0 Å². The zero-order valence-corrected chi connectivity index (χ0v) is 13.9. The number of methoxy groups -OCH3 is 1. The lowest BCUT2D eigenvalue weighted by atomic mass is 10.0. The van der Waals surface area contributed by atoms with Gasteiger partial charge in [0.1, 0.15) is 23.2 Å². The first kappa shape index (κ1) is 15.7. The van der Waals surface area contributed by atoms with Crippen molar-refractivity contribution in [2.75, 3.05) is 13.7 Å². The highest BCUT2D eigenvalue weighted by atomic mass is 16.5. The number of hydrogen-bond donors (Lipinski definition) is 2. The summed E-state index contributed by atoms with van der Waals surface area (Å²) in [7, 11) is 1.38. The van der Waals surface area contributed by atoms with Gasteiger partial charge in [-0.15, -0.1) is 0 Å². The molecule has 3 heterocycles. The van der Waals surface area contributed by atoms with Gasteiger partial charge in [-0.05, 0) is 20.8 Å². The van der Waals surface area contributed by atoms with Crippen LogP contribution in [-0.2, 0) is 19.1 Å². The number of allylic oxidation sites excluding steroid dienone is 2. The van der Waals surface area contributed by atoms with E-state index in [0.717, 1.165) is 29.4 Å². The Kier molecular flexibility index (Phi) is 3.97. The lowest BCUT2D eigenvalue weighted by Crippen LogP contribution is -3.22. The number of nitrogens with one attached hydrogen (secondary N) is 2. The van der Waals surface area contributed by atoms with E-state index in [1.165, 1.54) is 7.11 Å². The van der Waals surface area contributed by atoms with Crippen molar-refractivity contribution >= 4 is 17.9 Å². The van der Waals surface area contributed by atoms with Crippen molar-refractivity contribution < 1.29 is 24.0 Å². The topological polar surface area (TPSA) is 81.4 Å². The van der Waals surface area contributed by atoms with E-state index in [1.807, 2.05) is 13.8 Å². The van der Waals surface area contributed by atoms with Crippen LogP contribution in [0.15, 0.2) is 27.5 Å². The molecule has 23 heavy (non-hydrogen) atoms. The van der Waals surface area contributed by atoms with E-state index in [0.29, 0.717) is 23.5 Å². The molecule has 3 atom stereocenters. The fourth-order valence-corrected chi connectivity index (χ4v) is 3.87. The van der Waals surface area contributed by atoms with Crippen LogP contribution in [0, 0.1) is 0 Å². The largest absolute Gasteiger partial charge is 0.465 e. The standard InChI is InChI=1S/C16H21N3O4/c1-5-23-15(21)13-9(3)18-16-17-8(2)12(14(20)22-4)10-6-7-11(13)19(10)16/h10-11H,5-7H2,1-4H3,(H,17,18)/p+1/t10?,11-/m1/s1. The number of carbonyl (C=O) groups is 2. The average Bonchev–Trinajstić information content (AvgIpc) is 2.92. The molecule has 0 saturated carbocycles. The second-order valence-electron chi connectivity index (χ2n) is 5.97. The second kappa shape index (κ2) is 5.81. The highest BCUT2D eigenvalue weighted by Crippen LogP contribution is 2.28. The van der Waals surface area contributed by atoms with E-state index in [2.05, 4.69) is 10.3 Å². The number of guanidine groups is 1. The Balaban J connectivity index is 2.03. The van der Waals surface area contributed by atoms with Gasteiger partial charge in [-0.3, -0.25) is 10.2 Å². The molecule has 7 heteroatoms. The molecule has 2 unspecified atom stereocenters. The van der Waals surface area contributed by atoms with Crippen LogP contribution in [0.25, 0.3) is 0 Å². The minimum atomic E-state index is -0.340. The third-order valence-corrected chi connectivity index (χ3v) is 4.75. The molecule has 0 spiro atoms. The van der Waals surface area contributed by atoms with Crippen molar-refractivity contribution in [2.45, 2.75) is 45.7 Å². The molecule has 0 aromatic rings. The molecule has 0 bridgehead atoms. The molecule has 1 saturated heterocycles. The first-order chi connectivity index (χ1) is 11.0. The molecule has 2 N–H and O–H groups in total. The highest BCUT2D eigenvalue weighted by molar-refractivity contribution is 5.95. The molecule has 124 valence electrons. The quantitative estimate of drug-likeness (QED) is 0.695. The lowest BCUT2D eigenvalue weighted by Gasteiger charge is -2.36. The molecule has 7 nitrogen and oxygen atoms in total. The summed E-state index contributed by atoms with van der Waals surface area (Å²) in [5, 5.41) is 3.22. The predicted molar refractivity (Wildman–Crippen MR) is 82.4 cm³/mol. The molecule has 3 aliphatic rings. The summed E-state index contributed by atoms with van der Waals surface area (Å²) in [5.74, 6) is 0.140. The Morgan fingerprint density at radius 2 is 1.87 bits per heavy atom. The van der Waals surface area contributed by atoms with E-state index in [-0.39, 0.29) is 24.0 Å². The summed E-state index contributed by atoms with van der Waals surface area (Å²) < 4.78 is 10.1. The van der Waals surface area contributed by atoms with Gasteiger partial charge in [0, 0.05) is 18.5 Å². The SMILES string of the molecule is CCOC(=O)C1=C(C)NC2=NC(C)=C(C(=O)OC)C3CC[C@H]1[NH+]23. The number of aliphatic imine (C=N–C) groups is 1. The van der Waals surface area contributed by atoms with Gasteiger partial charge in [0.25, 0.3) is 0 Å². The number of ether oxygens (including phenoxy) is 2. The maximum atomic E-state index is 12.3. The molecule has 3 rings (SSSR count). The molecular formula is C16H22N3O4+. The van der Waals surface area contributed by atoms with Gasteiger partial charge < -0.3 is 9.47 Å². The van der Waals surface area contributed by atoms with Gasteiger partial charge in [-0.2, -0.15) is 4.99 Å². The molecule has 3 aliphatic heterocycles. The van der Waals surface area contributed by atoms with Crippen LogP contribution in [0.4, 0.5) is 0 Å². The maximum absolute atomic E-state index is 12.3. The minimum absolute atomic E-state index is 0.0354. The average molecular weight is 320 g/mol. The lowest BCUT2D eigenvalue weighted by molar-refractivity contribution is -0.838. The fourth-order valence-electron chi connectivity index (χ4n) is 3.87. The number of rotatable bonds is 3. The van der Waals surface area contributed by atoms with Crippen LogP contribution >= 0.6 is 0 Å². The van der Waals surface area contributed by atoms with Crippen molar-refractivity contribution in [2.24, 2.45) is 4.99 Å². The molecule has 0 aliphatic carbocycles. The summed E-state index contributed by atoms with van der Waals surface area (Å²) >= 11 is 0. The Labute approximate surface area is 135 Å². The predicted octanol–water partition coefficient (Wildman–Crippen LogP) is -0.341. The van der Waals surface area contributed by atoms with Crippen molar-refractivity contribution in [3.05, 3.63) is 22.5 Å².